The summed E-state index contributed by atoms with van der Waals surface area (Å²) in [5, 5.41) is 6.64. The van der Waals surface area contributed by atoms with Gasteiger partial charge in [0.2, 0.25) is 0 Å². The Morgan fingerprint density at radius 3 is 2.82 bits per heavy atom. The summed E-state index contributed by atoms with van der Waals surface area (Å²) in [6, 6.07) is 5.78. The number of methoxy groups -OCH3 is 1. The van der Waals surface area contributed by atoms with E-state index >= 15 is 0 Å². The van der Waals surface area contributed by atoms with Crippen molar-refractivity contribution < 1.29 is 14.2 Å². The second kappa shape index (κ2) is 11.8. The molecule has 1 heterocycles. The number of aliphatic imine (C=N–C) groups is 1. The van der Waals surface area contributed by atoms with Crippen molar-refractivity contribution in [2.75, 3.05) is 58.4 Å². The molecule has 158 valence electrons. The number of rotatable bonds is 9. The van der Waals surface area contributed by atoms with E-state index in [0.29, 0.717) is 24.8 Å². The number of hydrogen-bond donors (Lipinski definition) is 2. The molecule has 0 saturated carbocycles. The molecule has 7 nitrogen and oxygen atoms in total. The standard InChI is InChI=1S/C21H36N4O3/c1-6-22-21(23-13-18-15-25(10-11-28-18)14-16(3)4)24-17-8-9-19(26-5)20(12-17)27-7-2/h8-9,12,16,18H,6-7,10-11,13-15H2,1-5H3,(H2,22,23,24). The quantitative estimate of drug-likeness (QED) is 0.498. The van der Waals surface area contributed by atoms with Crippen LogP contribution in [0, 0.1) is 5.92 Å². The first-order chi connectivity index (χ1) is 13.5. The van der Waals surface area contributed by atoms with Crippen LogP contribution in [0.25, 0.3) is 0 Å². The molecule has 0 amide bonds. The fraction of sp³-hybridized carbons (Fsp3) is 0.667. The number of hydrogen-bond acceptors (Lipinski definition) is 5. The number of benzene rings is 1. The maximum Gasteiger partial charge on any atom is 0.195 e. The maximum atomic E-state index is 5.91. The molecule has 0 aliphatic carbocycles. The molecule has 0 aromatic heterocycles. The molecule has 2 N–H and O–H groups in total. The number of nitrogens with zero attached hydrogens (tertiary/aromatic N) is 2. The van der Waals surface area contributed by atoms with Crippen molar-refractivity contribution in [3.8, 4) is 11.5 Å². The van der Waals surface area contributed by atoms with Crippen LogP contribution in [-0.2, 0) is 4.74 Å². The van der Waals surface area contributed by atoms with E-state index in [2.05, 4.69) is 36.3 Å². The third-order valence-corrected chi connectivity index (χ3v) is 4.37. The summed E-state index contributed by atoms with van der Waals surface area (Å²) in [4.78, 5) is 7.20. The smallest absolute Gasteiger partial charge is 0.195 e. The molecule has 1 atom stereocenters. The predicted molar refractivity (Wildman–Crippen MR) is 115 cm³/mol. The minimum atomic E-state index is 0.123. The first-order valence-corrected chi connectivity index (χ1v) is 10.3. The fourth-order valence-corrected chi connectivity index (χ4v) is 3.23. The van der Waals surface area contributed by atoms with Crippen molar-refractivity contribution in [1.82, 2.24) is 10.2 Å². The van der Waals surface area contributed by atoms with Gasteiger partial charge in [0.1, 0.15) is 0 Å². The van der Waals surface area contributed by atoms with Gasteiger partial charge in [-0.25, -0.2) is 0 Å². The minimum Gasteiger partial charge on any atom is -0.493 e. The minimum absolute atomic E-state index is 0.123. The molecular weight excluding hydrogens is 356 g/mol. The normalized spacial score (nSPS) is 18.2. The van der Waals surface area contributed by atoms with Crippen LogP contribution in [0.1, 0.15) is 27.7 Å². The Morgan fingerprint density at radius 2 is 2.14 bits per heavy atom. The van der Waals surface area contributed by atoms with Crippen molar-refractivity contribution in [3.05, 3.63) is 18.2 Å². The average molecular weight is 393 g/mol. The Balaban J connectivity index is 2.01. The van der Waals surface area contributed by atoms with Crippen LogP contribution in [0.5, 0.6) is 11.5 Å². The zero-order chi connectivity index (χ0) is 20.4. The third kappa shape index (κ3) is 7.20. The lowest BCUT2D eigenvalue weighted by atomic mass is 10.2. The van der Waals surface area contributed by atoms with Gasteiger partial charge in [-0.15, -0.1) is 0 Å². The molecule has 1 aliphatic heterocycles. The Kier molecular flexibility index (Phi) is 9.37. The lowest BCUT2D eigenvalue weighted by Gasteiger charge is -2.33. The van der Waals surface area contributed by atoms with Gasteiger partial charge in [-0.2, -0.15) is 0 Å². The van der Waals surface area contributed by atoms with Crippen molar-refractivity contribution in [1.29, 1.82) is 0 Å². The highest BCUT2D eigenvalue weighted by Gasteiger charge is 2.20. The van der Waals surface area contributed by atoms with E-state index in [9.17, 15) is 0 Å². The van der Waals surface area contributed by atoms with Crippen LogP contribution in [0.2, 0.25) is 0 Å². The second-order valence-corrected chi connectivity index (χ2v) is 7.29. The Morgan fingerprint density at radius 1 is 1.32 bits per heavy atom. The maximum absolute atomic E-state index is 5.91. The van der Waals surface area contributed by atoms with Gasteiger partial charge < -0.3 is 24.8 Å². The number of anilines is 1. The molecule has 1 saturated heterocycles. The van der Waals surface area contributed by atoms with Crippen molar-refractivity contribution in [3.63, 3.8) is 0 Å². The molecule has 1 unspecified atom stereocenters. The summed E-state index contributed by atoms with van der Waals surface area (Å²) in [7, 11) is 1.64. The highest BCUT2D eigenvalue weighted by atomic mass is 16.5. The molecule has 0 bridgehead atoms. The summed E-state index contributed by atoms with van der Waals surface area (Å²) in [6.45, 7) is 14.3. The highest BCUT2D eigenvalue weighted by Crippen LogP contribution is 2.30. The molecule has 7 heteroatoms. The lowest BCUT2D eigenvalue weighted by molar-refractivity contribution is -0.0261. The van der Waals surface area contributed by atoms with Crippen LogP contribution >= 0.6 is 0 Å². The van der Waals surface area contributed by atoms with Crippen LogP contribution in [-0.4, -0.2) is 70.0 Å². The van der Waals surface area contributed by atoms with Gasteiger partial charge in [0, 0.05) is 37.9 Å². The first kappa shape index (κ1) is 22.3. The van der Waals surface area contributed by atoms with E-state index in [1.165, 1.54) is 0 Å². The van der Waals surface area contributed by atoms with E-state index < -0.39 is 0 Å². The van der Waals surface area contributed by atoms with Gasteiger partial charge in [-0.05, 0) is 31.9 Å². The molecule has 1 aromatic rings. The largest absolute Gasteiger partial charge is 0.493 e. The third-order valence-electron chi connectivity index (χ3n) is 4.37. The average Bonchev–Trinajstić information content (AvgIpc) is 2.67. The molecule has 1 aliphatic rings. The lowest BCUT2D eigenvalue weighted by Crippen LogP contribution is -2.45. The van der Waals surface area contributed by atoms with Crippen LogP contribution < -0.4 is 20.1 Å². The summed E-state index contributed by atoms with van der Waals surface area (Å²) in [5.41, 5.74) is 0.898. The van der Waals surface area contributed by atoms with Crippen molar-refractivity contribution >= 4 is 11.6 Å². The van der Waals surface area contributed by atoms with Gasteiger partial charge in [0.05, 0.1) is 33.0 Å². The van der Waals surface area contributed by atoms with Gasteiger partial charge in [0.25, 0.3) is 0 Å². The Bertz CT molecular complexity index is 622. The van der Waals surface area contributed by atoms with E-state index in [0.717, 1.165) is 50.2 Å². The predicted octanol–water partition coefficient (Wildman–Crippen LogP) is 2.83. The van der Waals surface area contributed by atoms with Gasteiger partial charge >= 0.3 is 0 Å². The summed E-state index contributed by atoms with van der Waals surface area (Å²) in [5.74, 6) is 2.83. The summed E-state index contributed by atoms with van der Waals surface area (Å²) >= 11 is 0. The van der Waals surface area contributed by atoms with E-state index in [1.54, 1.807) is 7.11 Å². The summed E-state index contributed by atoms with van der Waals surface area (Å²) < 4.78 is 16.9. The molecule has 1 fully saturated rings. The monoisotopic (exact) mass is 392 g/mol. The number of ether oxygens (including phenoxy) is 3. The molecule has 0 radical (unpaired) electrons. The number of nitrogens with one attached hydrogen (secondary N) is 2. The van der Waals surface area contributed by atoms with Crippen molar-refractivity contribution in [2.45, 2.75) is 33.8 Å². The van der Waals surface area contributed by atoms with Crippen LogP contribution in [0.15, 0.2) is 23.2 Å². The second-order valence-electron chi connectivity index (χ2n) is 7.29. The molecule has 1 aromatic carbocycles. The van der Waals surface area contributed by atoms with Crippen LogP contribution in [0.3, 0.4) is 0 Å². The van der Waals surface area contributed by atoms with E-state index in [-0.39, 0.29) is 6.10 Å². The molecule has 2 rings (SSSR count). The topological polar surface area (TPSA) is 67.4 Å². The van der Waals surface area contributed by atoms with Gasteiger partial charge in [-0.3, -0.25) is 9.89 Å². The SMILES string of the molecule is CCNC(=NCC1CN(CC(C)C)CCO1)Nc1ccc(OC)c(OCC)c1. The van der Waals surface area contributed by atoms with Crippen LogP contribution in [0.4, 0.5) is 5.69 Å². The number of guanidine groups is 1. The Labute approximate surface area is 169 Å². The zero-order valence-corrected chi connectivity index (χ0v) is 18.0. The molecule has 28 heavy (non-hydrogen) atoms. The van der Waals surface area contributed by atoms with Gasteiger partial charge in [0.15, 0.2) is 17.5 Å². The van der Waals surface area contributed by atoms with E-state index in [1.807, 2.05) is 25.1 Å². The van der Waals surface area contributed by atoms with Crippen molar-refractivity contribution in [2.24, 2.45) is 10.9 Å². The first-order valence-electron chi connectivity index (χ1n) is 10.3. The van der Waals surface area contributed by atoms with Gasteiger partial charge in [-0.1, -0.05) is 13.8 Å². The van der Waals surface area contributed by atoms with E-state index in [4.69, 9.17) is 19.2 Å². The zero-order valence-electron chi connectivity index (χ0n) is 18.0. The Hall–Kier alpha value is -1.99. The molecular formula is C21H36N4O3. The molecule has 0 spiro atoms. The number of morpholine rings is 1. The fourth-order valence-electron chi connectivity index (χ4n) is 3.23. The highest BCUT2D eigenvalue weighted by molar-refractivity contribution is 5.93. The summed E-state index contributed by atoms with van der Waals surface area (Å²) in [6.07, 6.45) is 0.123.